The number of nitrogens with zero attached hydrogens (tertiary/aromatic N) is 5. The number of benzene rings is 2. The minimum atomic E-state index is -1.18. The van der Waals surface area contributed by atoms with E-state index < -0.39 is 47.4 Å². The predicted molar refractivity (Wildman–Crippen MR) is 258 cm³/mol. The number of phenolic OH excluding ortho intramolecular Hbond substituents is 1. The summed E-state index contributed by atoms with van der Waals surface area (Å²) in [7, 11) is 3.26. The molecule has 4 amide bonds. The number of phenols is 1. The van der Waals surface area contributed by atoms with Crippen LogP contribution in [0, 0.1) is 11.3 Å². The maximum atomic E-state index is 14.8. The number of rotatable bonds is 10. The van der Waals surface area contributed by atoms with E-state index >= 15 is 0 Å². The van der Waals surface area contributed by atoms with Crippen LogP contribution in [0.4, 0.5) is 0 Å². The molecule has 8 rings (SSSR count). The monoisotopic (exact) mass is 933 g/mol. The Bertz CT molecular complexity index is 2590. The number of cyclic esters (lactones) is 1. The number of likely N-dealkylation sites (N-methyl/N-ethyl adjacent to an activating group) is 1. The molecule has 3 saturated heterocycles. The molecule has 0 aliphatic carbocycles. The lowest BCUT2D eigenvalue weighted by Crippen LogP contribution is -2.62. The second kappa shape index (κ2) is 19.6. The van der Waals surface area contributed by atoms with Crippen LogP contribution in [0.3, 0.4) is 0 Å². The molecular formula is C52H68N8O8. The fourth-order valence-corrected chi connectivity index (χ4v) is 10.6. The zero-order valence-corrected chi connectivity index (χ0v) is 40.9. The van der Waals surface area contributed by atoms with Crippen molar-refractivity contribution < 1.29 is 38.6 Å². The predicted octanol–water partition coefficient (Wildman–Crippen LogP) is 5.29. The number of aromatic nitrogens is 2. The summed E-state index contributed by atoms with van der Waals surface area (Å²) in [6, 6.07) is 11.4. The number of hydrogen-bond acceptors (Lipinski definition) is 11. The molecule has 0 spiro atoms. The Balaban J connectivity index is 1.19. The van der Waals surface area contributed by atoms with Gasteiger partial charge in [-0.1, -0.05) is 39.8 Å². The SMILES string of the molecule is CCn1c(-c2cccnc2[C@H](C)OC)c2c3cc(ccc31)-c1cc(O)cc(c1)C[C@H](NC(=O)C(C(C)C)N(C)C(=O)[C@H]1CC[C@@H](C)N1C(=O)[C@H]1CN1)C(=O)N1CCC[C@H](N1)C(=O)OCC(C)(C)C2. The van der Waals surface area contributed by atoms with Crippen LogP contribution in [0.5, 0.6) is 5.75 Å². The van der Waals surface area contributed by atoms with Crippen LogP contribution in [0.2, 0.25) is 0 Å². The van der Waals surface area contributed by atoms with Crippen LogP contribution in [0.25, 0.3) is 33.3 Å². The number of likely N-dealkylation sites (tertiary alicyclic amines) is 1. The van der Waals surface area contributed by atoms with Gasteiger partial charge in [0.25, 0.3) is 5.91 Å². The molecule has 4 N–H and O–H groups in total. The molecule has 68 heavy (non-hydrogen) atoms. The zero-order valence-electron chi connectivity index (χ0n) is 40.9. The van der Waals surface area contributed by atoms with Gasteiger partial charge >= 0.3 is 5.97 Å². The van der Waals surface area contributed by atoms with E-state index in [1.165, 1.54) is 9.91 Å². The third-order valence-electron chi connectivity index (χ3n) is 14.3. The molecule has 16 nitrogen and oxygen atoms in total. The van der Waals surface area contributed by atoms with Gasteiger partial charge in [-0.15, -0.1) is 0 Å². The number of aryl methyl sites for hydroxylation is 1. The number of ether oxygens (including phenoxy) is 2. The van der Waals surface area contributed by atoms with Crippen LogP contribution in [0.1, 0.15) is 97.1 Å². The second-order valence-electron chi connectivity index (χ2n) is 20.3. The fraction of sp³-hybridized carbons (Fsp3) is 0.538. The van der Waals surface area contributed by atoms with E-state index in [1.807, 2.05) is 45.9 Å². The number of esters is 1. The Morgan fingerprint density at radius 1 is 1.06 bits per heavy atom. The van der Waals surface area contributed by atoms with Crippen LogP contribution >= 0.6 is 0 Å². The van der Waals surface area contributed by atoms with E-state index in [2.05, 4.69) is 59.6 Å². The number of amides is 4. The highest BCUT2D eigenvalue weighted by atomic mass is 16.5. The molecule has 7 atom stereocenters. The minimum Gasteiger partial charge on any atom is -0.508 e. The summed E-state index contributed by atoms with van der Waals surface area (Å²) >= 11 is 0. The van der Waals surface area contributed by atoms with Crippen LogP contribution < -0.4 is 16.1 Å². The van der Waals surface area contributed by atoms with E-state index in [-0.39, 0.29) is 61.2 Å². The molecule has 2 aromatic heterocycles. The smallest absolute Gasteiger partial charge is 0.324 e. The van der Waals surface area contributed by atoms with Gasteiger partial charge in [0.05, 0.1) is 30.1 Å². The molecular weight excluding hydrogens is 865 g/mol. The highest BCUT2D eigenvalue weighted by Crippen LogP contribution is 2.42. The molecule has 2 aromatic carbocycles. The lowest BCUT2D eigenvalue weighted by atomic mass is 9.84. The Morgan fingerprint density at radius 3 is 2.53 bits per heavy atom. The van der Waals surface area contributed by atoms with Crippen molar-refractivity contribution in [1.82, 2.24) is 40.4 Å². The molecule has 6 bridgehead atoms. The van der Waals surface area contributed by atoms with Crippen molar-refractivity contribution >= 4 is 40.5 Å². The maximum Gasteiger partial charge on any atom is 0.324 e. The van der Waals surface area contributed by atoms with Crippen molar-refractivity contribution in [2.45, 2.75) is 136 Å². The molecule has 0 radical (unpaired) electrons. The average Bonchev–Trinajstić information content (AvgIpc) is 4.04. The first-order valence-corrected chi connectivity index (χ1v) is 24.2. The first-order chi connectivity index (χ1) is 32.4. The standard InChI is InChI=1S/C52H68N8O8/c1-10-58-42-18-16-33-25-37(42)38(46(58)36-13-11-19-53-44(36)31(5)67-9)26-52(6,7)28-68-51(66)39-14-12-20-59(56-39)48(63)40(23-32-21-34(33)24-35(61)22-32)55-47(62)45(29(2)3)57(8)50(65)43-17-15-30(4)60(43)49(64)41-27-54-41/h11,13,16,18-19,21-22,24-25,29-31,39-41,43,45,54,56,61H,10,12,14-15,17,20,23,26-28H2,1-9H3,(H,55,62)/t30-,31+,39+,40+,41-,43-,45?/m1/s1. The van der Waals surface area contributed by atoms with Crippen LogP contribution in [-0.2, 0) is 52.8 Å². The molecule has 16 heteroatoms. The Labute approximate surface area is 399 Å². The molecule has 364 valence electrons. The van der Waals surface area contributed by atoms with E-state index in [9.17, 15) is 29.1 Å². The summed E-state index contributed by atoms with van der Waals surface area (Å²) in [5, 5.41) is 19.8. The number of methoxy groups -OCH3 is 1. The highest BCUT2D eigenvalue weighted by molar-refractivity contribution is 5.97. The van der Waals surface area contributed by atoms with Crippen molar-refractivity contribution in [3.63, 3.8) is 0 Å². The van der Waals surface area contributed by atoms with Crippen molar-refractivity contribution in [1.29, 1.82) is 0 Å². The van der Waals surface area contributed by atoms with Gasteiger partial charge in [-0.05, 0) is 117 Å². The number of nitrogens with one attached hydrogen (secondary N) is 3. The summed E-state index contributed by atoms with van der Waals surface area (Å²) in [4.78, 5) is 78.9. The number of carbonyl (C=O) groups excluding carboxylic acids is 5. The van der Waals surface area contributed by atoms with Crippen molar-refractivity contribution in [3.05, 3.63) is 71.5 Å². The lowest BCUT2D eigenvalue weighted by Gasteiger charge is -2.37. The number of hydrogen-bond donors (Lipinski definition) is 4. The summed E-state index contributed by atoms with van der Waals surface area (Å²) < 4.78 is 14.2. The molecule has 4 aromatic rings. The Hall–Kier alpha value is -5.84. The number of aromatic hydroxyl groups is 1. The molecule has 4 aliphatic heterocycles. The van der Waals surface area contributed by atoms with Gasteiger partial charge in [0.1, 0.15) is 29.9 Å². The largest absolute Gasteiger partial charge is 0.508 e. The average molecular weight is 933 g/mol. The first-order valence-electron chi connectivity index (χ1n) is 24.2. The topological polar surface area (TPSA) is 198 Å². The van der Waals surface area contributed by atoms with E-state index in [0.29, 0.717) is 56.3 Å². The van der Waals surface area contributed by atoms with E-state index in [0.717, 1.165) is 39.0 Å². The molecule has 1 unspecified atom stereocenters. The van der Waals surface area contributed by atoms with Crippen molar-refractivity contribution in [2.24, 2.45) is 11.3 Å². The third kappa shape index (κ3) is 9.72. The van der Waals surface area contributed by atoms with Gasteiger partial charge in [-0.3, -0.25) is 34.0 Å². The van der Waals surface area contributed by atoms with Gasteiger partial charge in [-0.25, -0.2) is 5.43 Å². The quantitative estimate of drug-likeness (QED) is 0.119. The summed E-state index contributed by atoms with van der Waals surface area (Å²) in [5.74, 6) is -2.32. The van der Waals surface area contributed by atoms with Crippen molar-refractivity contribution in [2.75, 3.05) is 33.9 Å². The van der Waals surface area contributed by atoms with E-state index in [4.69, 9.17) is 14.5 Å². The second-order valence-corrected chi connectivity index (χ2v) is 20.3. The Kier molecular flexibility index (Phi) is 14.0. The molecule has 4 aliphatic rings. The van der Waals surface area contributed by atoms with Crippen molar-refractivity contribution in [3.8, 4) is 28.1 Å². The highest BCUT2D eigenvalue weighted by Gasteiger charge is 2.47. The zero-order chi connectivity index (χ0) is 48.8. The maximum absolute atomic E-state index is 14.8. The number of fused-ring (bicyclic) bond motifs is 6. The number of hydrazine groups is 1. The van der Waals surface area contributed by atoms with Gasteiger partial charge in [0.2, 0.25) is 17.7 Å². The Morgan fingerprint density at radius 2 is 1.82 bits per heavy atom. The fourth-order valence-electron chi connectivity index (χ4n) is 10.6. The van der Waals surface area contributed by atoms with Gasteiger partial charge in [-0.2, -0.15) is 0 Å². The molecule has 6 heterocycles. The van der Waals surface area contributed by atoms with Gasteiger partial charge < -0.3 is 39.6 Å². The van der Waals surface area contributed by atoms with Gasteiger partial charge in [0.15, 0.2) is 0 Å². The lowest BCUT2D eigenvalue weighted by molar-refractivity contribution is -0.155. The normalized spacial score (nSPS) is 23.8. The number of carbonyl (C=O) groups is 5. The molecule has 3 fully saturated rings. The summed E-state index contributed by atoms with van der Waals surface area (Å²) in [6.45, 7) is 15.5. The minimum absolute atomic E-state index is 0.0122. The van der Waals surface area contributed by atoms with E-state index in [1.54, 1.807) is 37.4 Å². The summed E-state index contributed by atoms with van der Waals surface area (Å²) in [5.41, 5.74) is 9.54. The van der Waals surface area contributed by atoms with Crippen LogP contribution in [-0.4, -0.2) is 129 Å². The number of pyridine rings is 1. The summed E-state index contributed by atoms with van der Waals surface area (Å²) in [6.07, 6.45) is 4.11. The first kappa shape index (κ1) is 48.6. The molecule has 0 saturated carbocycles. The van der Waals surface area contributed by atoms with Crippen LogP contribution in [0.15, 0.2) is 54.7 Å². The van der Waals surface area contributed by atoms with Gasteiger partial charge in [0, 0.05) is 74.3 Å². The third-order valence-corrected chi connectivity index (χ3v) is 14.3.